The Morgan fingerprint density at radius 1 is 1.50 bits per heavy atom. The second-order valence-electron chi connectivity index (χ2n) is 2.61. The molecule has 0 amide bonds. The fourth-order valence-electron chi connectivity index (χ4n) is 0.999. The molecule has 2 nitrogen and oxygen atoms in total. The first-order chi connectivity index (χ1) is 5.74. The molecule has 0 aliphatic carbocycles. The van der Waals surface area contributed by atoms with E-state index in [1.807, 2.05) is 37.3 Å². The van der Waals surface area contributed by atoms with Gasteiger partial charge in [0.05, 0.1) is 5.69 Å². The predicted octanol–water partition coefficient (Wildman–Crippen LogP) is 2.34. The summed E-state index contributed by atoms with van der Waals surface area (Å²) in [6.45, 7) is 5.33. The summed E-state index contributed by atoms with van der Waals surface area (Å²) in [4.78, 5) is 3.87. The van der Waals surface area contributed by atoms with E-state index in [-0.39, 0.29) is 0 Å². The van der Waals surface area contributed by atoms with Gasteiger partial charge in [-0.15, -0.1) is 0 Å². The summed E-state index contributed by atoms with van der Waals surface area (Å²) in [7, 11) is 0. The lowest BCUT2D eigenvalue weighted by molar-refractivity contribution is 1.34. The molecule has 2 heteroatoms. The van der Waals surface area contributed by atoms with Crippen LogP contribution in [-0.2, 0) is 0 Å². The molecule has 0 aliphatic rings. The van der Waals surface area contributed by atoms with Crippen molar-refractivity contribution in [2.75, 3.05) is 0 Å². The van der Waals surface area contributed by atoms with Gasteiger partial charge in [0.15, 0.2) is 0 Å². The van der Waals surface area contributed by atoms with Gasteiger partial charge in [-0.1, -0.05) is 18.2 Å². The van der Waals surface area contributed by atoms with Crippen molar-refractivity contribution >= 4 is 18.5 Å². The van der Waals surface area contributed by atoms with Crippen LogP contribution >= 0.6 is 0 Å². The standard InChI is InChI=1S/C10H12N2/c1-8(11)7-9-5-3-4-6-10(9)12-2/h3-7H,2,11H2,1H3/b8-7-. The number of nitrogens with two attached hydrogens (primary N) is 1. The van der Waals surface area contributed by atoms with Crippen LogP contribution in [0.25, 0.3) is 6.08 Å². The Morgan fingerprint density at radius 2 is 2.17 bits per heavy atom. The number of rotatable bonds is 2. The maximum absolute atomic E-state index is 5.55. The molecule has 1 rings (SSSR count). The highest BCUT2D eigenvalue weighted by molar-refractivity contribution is 5.66. The minimum Gasteiger partial charge on any atom is -0.402 e. The predicted molar refractivity (Wildman–Crippen MR) is 53.5 cm³/mol. The van der Waals surface area contributed by atoms with Gasteiger partial charge in [-0.05, 0) is 25.8 Å². The van der Waals surface area contributed by atoms with E-state index in [0.29, 0.717) is 0 Å². The average molecular weight is 160 g/mol. The van der Waals surface area contributed by atoms with Crippen LogP contribution < -0.4 is 5.73 Å². The van der Waals surface area contributed by atoms with Crippen LogP contribution in [0.3, 0.4) is 0 Å². The summed E-state index contributed by atoms with van der Waals surface area (Å²) in [6.07, 6.45) is 1.88. The first-order valence-electron chi connectivity index (χ1n) is 3.73. The van der Waals surface area contributed by atoms with E-state index in [2.05, 4.69) is 11.7 Å². The molecule has 1 aromatic carbocycles. The van der Waals surface area contributed by atoms with Crippen molar-refractivity contribution in [1.82, 2.24) is 0 Å². The molecule has 62 valence electrons. The second kappa shape index (κ2) is 3.72. The Kier molecular flexibility index (Phi) is 2.64. The number of hydrogen-bond acceptors (Lipinski definition) is 2. The maximum atomic E-state index is 5.55. The molecule has 1 aromatic rings. The smallest absolute Gasteiger partial charge is 0.0695 e. The van der Waals surface area contributed by atoms with Crippen LogP contribution in [-0.4, -0.2) is 6.72 Å². The molecule has 0 unspecified atom stereocenters. The van der Waals surface area contributed by atoms with Gasteiger partial charge in [-0.2, -0.15) is 0 Å². The lowest BCUT2D eigenvalue weighted by Gasteiger charge is -1.99. The molecule has 0 aromatic heterocycles. The van der Waals surface area contributed by atoms with Gasteiger partial charge < -0.3 is 5.73 Å². The number of allylic oxidation sites excluding steroid dienone is 1. The van der Waals surface area contributed by atoms with E-state index in [1.54, 1.807) is 0 Å². The largest absolute Gasteiger partial charge is 0.402 e. The van der Waals surface area contributed by atoms with Gasteiger partial charge in [-0.3, -0.25) is 4.99 Å². The highest BCUT2D eigenvalue weighted by atomic mass is 14.7. The van der Waals surface area contributed by atoms with Gasteiger partial charge in [0.2, 0.25) is 0 Å². The molecule has 0 spiro atoms. The highest BCUT2D eigenvalue weighted by Gasteiger charge is 1.94. The van der Waals surface area contributed by atoms with Crippen molar-refractivity contribution in [1.29, 1.82) is 0 Å². The normalized spacial score (nSPS) is 11.2. The van der Waals surface area contributed by atoms with E-state index in [4.69, 9.17) is 5.73 Å². The molecule has 0 saturated heterocycles. The van der Waals surface area contributed by atoms with E-state index in [0.717, 1.165) is 16.9 Å². The van der Waals surface area contributed by atoms with Crippen molar-refractivity contribution in [2.24, 2.45) is 10.7 Å². The molecule has 0 atom stereocenters. The lowest BCUT2D eigenvalue weighted by Crippen LogP contribution is -1.89. The molecule has 0 bridgehead atoms. The minimum atomic E-state index is 0.770. The van der Waals surface area contributed by atoms with E-state index in [1.165, 1.54) is 0 Å². The summed E-state index contributed by atoms with van der Waals surface area (Å²) in [6, 6.07) is 7.73. The molecule has 12 heavy (non-hydrogen) atoms. The number of hydrogen-bond donors (Lipinski definition) is 1. The minimum absolute atomic E-state index is 0.770. The Labute approximate surface area is 72.4 Å². The SMILES string of the molecule is C=Nc1ccccc1/C=C(/C)N. The van der Waals surface area contributed by atoms with E-state index in [9.17, 15) is 0 Å². The number of para-hydroxylation sites is 1. The second-order valence-corrected chi connectivity index (χ2v) is 2.61. The summed E-state index contributed by atoms with van der Waals surface area (Å²) in [5, 5.41) is 0. The molecule has 0 radical (unpaired) electrons. The number of benzene rings is 1. The van der Waals surface area contributed by atoms with E-state index >= 15 is 0 Å². The molecule has 2 N–H and O–H groups in total. The summed E-state index contributed by atoms with van der Waals surface area (Å²) in [5.74, 6) is 0. The first kappa shape index (κ1) is 8.53. The van der Waals surface area contributed by atoms with Crippen molar-refractivity contribution in [3.05, 3.63) is 35.5 Å². The van der Waals surface area contributed by atoms with Gasteiger partial charge in [0, 0.05) is 11.3 Å². The van der Waals surface area contributed by atoms with Crippen LogP contribution in [0.5, 0.6) is 0 Å². The zero-order chi connectivity index (χ0) is 8.97. The third-order valence-corrected chi connectivity index (χ3v) is 1.49. The average Bonchev–Trinajstić information content (AvgIpc) is 2.04. The topological polar surface area (TPSA) is 38.4 Å². The zero-order valence-electron chi connectivity index (χ0n) is 7.12. The third kappa shape index (κ3) is 1.95. The van der Waals surface area contributed by atoms with Crippen molar-refractivity contribution in [2.45, 2.75) is 6.92 Å². The highest BCUT2D eigenvalue weighted by Crippen LogP contribution is 2.19. The lowest BCUT2D eigenvalue weighted by atomic mass is 10.1. The van der Waals surface area contributed by atoms with Gasteiger partial charge in [-0.25, -0.2) is 0 Å². The molecule has 0 aliphatic heterocycles. The van der Waals surface area contributed by atoms with Crippen molar-refractivity contribution in [3.8, 4) is 0 Å². The number of nitrogens with zero attached hydrogens (tertiary/aromatic N) is 1. The Bertz CT molecular complexity index is 309. The van der Waals surface area contributed by atoms with Gasteiger partial charge in [0.1, 0.15) is 0 Å². The van der Waals surface area contributed by atoms with Gasteiger partial charge >= 0.3 is 0 Å². The van der Waals surface area contributed by atoms with Crippen LogP contribution in [0.4, 0.5) is 5.69 Å². The molecule has 0 heterocycles. The number of aliphatic imine (C=N–C) groups is 1. The first-order valence-corrected chi connectivity index (χ1v) is 3.73. The molecule has 0 fully saturated rings. The molecular weight excluding hydrogens is 148 g/mol. The maximum Gasteiger partial charge on any atom is 0.0695 e. The molecule has 0 saturated carbocycles. The zero-order valence-corrected chi connectivity index (χ0v) is 7.12. The fourth-order valence-corrected chi connectivity index (χ4v) is 0.999. The quantitative estimate of drug-likeness (QED) is 0.662. The summed E-state index contributed by atoms with van der Waals surface area (Å²) in [5.41, 5.74) is 8.19. The Balaban J connectivity index is 3.14. The molecular formula is C10H12N2. The van der Waals surface area contributed by atoms with Gasteiger partial charge in [0.25, 0.3) is 0 Å². The Morgan fingerprint density at radius 3 is 2.75 bits per heavy atom. The van der Waals surface area contributed by atoms with Crippen LogP contribution in [0, 0.1) is 0 Å². The van der Waals surface area contributed by atoms with Crippen molar-refractivity contribution < 1.29 is 0 Å². The van der Waals surface area contributed by atoms with Crippen LogP contribution in [0.15, 0.2) is 35.0 Å². The summed E-state index contributed by atoms with van der Waals surface area (Å²) < 4.78 is 0. The van der Waals surface area contributed by atoms with Crippen LogP contribution in [0.2, 0.25) is 0 Å². The van der Waals surface area contributed by atoms with Crippen LogP contribution in [0.1, 0.15) is 12.5 Å². The fraction of sp³-hybridized carbons (Fsp3) is 0.100. The van der Waals surface area contributed by atoms with E-state index < -0.39 is 0 Å². The monoisotopic (exact) mass is 160 g/mol. The Hall–Kier alpha value is -1.57. The summed E-state index contributed by atoms with van der Waals surface area (Å²) >= 11 is 0. The van der Waals surface area contributed by atoms with Crippen molar-refractivity contribution in [3.63, 3.8) is 0 Å². The third-order valence-electron chi connectivity index (χ3n) is 1.49.